The summed E-state index contributed by atoms with van der Waals surface area (Å²) in [4.78, 5) is 35.0. The normalized spacial score (nSPS) is 12.9. The minimum atomic E-state index is -1.01. The maximum atomic E-state index is 15.2. The first kappa shape index (κ1) is 31.4. The number of nitrogens with zero attached hydrogens (tertiary/aromatic N) is 3. The number of halogens is 2. The van der Waals surface area contributed by atoms with Crippen LogP contribution < -0.4 is 19.5 Å². The van der Waals surface area contributed by atoms with Crippen molar-refractivity contribution in [2.75, 3.05) is 25.5 Å². The summed E-state index contributed by atoms with van der Waals surface area (Å²) in [5.74, 6) is -2.26. The number of benzene rings is 2. The smallest absolute Gasteiger partial charge is 0.410 e. The third-order valence-corrected chi connectivity index (χ3v) is 6.61. The molecule has 2 heterocycles. The summed E-state index contributed by atoms with van der Waals surface area (Å²) >= 11 is 0. The quantitative estimate of drug-likeness (QED) is 0.201. The van der Waals surface area contributed by atoms with Gasteiger partial charge in [0, 0.05) is 60.5 Å². The third-order valence-electron chi connectivity index (χ3n) is 6.61. The molecule has 0 bridgehead atoms. The van der Waals surface area contributed by atoms with Crippen LogP contribution >= 0.6 is 0 Å². The van der Waals surface area contributed by atoms with E-state index in [9.17, 15) is 9.59 Å². The van der Waals surface area contributed by atoms with Crippen molar-refractivity contribution in [2.45, 2.75) is 52.2 Å². The number of rotatable bonds is 10. The van der Waals surface area contributed by atoms with E-state index in [0.717, 1.165) is 25.0 Å². The van der Waals surface area contributed by atoms with Crippen molar-refractivity contribution in [1.82, 2.24) is 14.9 Å². The number of aryl methyl sites for hydroxylation is 1. The van der Waals surface area contributed by atoms with Crippen LogP contribution in [0.1, 0.15) is 49.7 Å². The monoisotopic (exact) mass is 620 g/mol. The van der Waals surface area contributed by atoms with Gasteiger partial charge in [-0.3, -0.25) is 14.8 Å². The first-order valence-corrected chi connectivity index (χ1v) is 14.4. The van der Waals surface area contributed by atoms with Gasteiger partial charge in [-0.25, -0.2) is 13.6 Å². The molecule has 0 unspecified atom stereocenters. The molecule has 1 aliphatic rings. The Bertz CT molecular complexity index is 1720. The van der Waals surface area contributed by atoms with E-state index in [4.69, 9.17) is 18.9 Å². The molecule has 2 aromatic heterocycles. The molecule has 2 aromatic carbocycles. The summed E-state index contributed by atoms with van der Waals surface area (Å²) in [6.45, 7) is 7.64. The average Bonchev–Trinajstić information content (AvgIpc) is 3.78. The van der Waals surface area contributed by atoms with Crippen molar-refractivity contribution in [3.8, 4) is 23.0 Å². The Kier molecular flexibility index (Phi) is 9.03. The molecule has 1 saturated carbocycles. The zero-order valence-corrected chi connectivity index (χ0v) is 25.6. The van der Waals surface area contributed by atoms with E-state index in [2.05, 4.69) is 15.3 Å². The second-order valence-corrected chi connectivity index (χ2v) is 11.7. The maximum absolute atomic E-state index is 15.2. The summed E-state index contributed by atoms with van der Waals surface area (Å²) in [6, 6.07) is 10.1. The highest BCUT2D eigenvalue weighted by Crippen LogP contribution is 2.35. The van der Waals surface area contributed by atoms with Crippen LogP contribution in [0, 0.1) is 18.6 Å². The minimum absolute atomic E-state index is 0.0471. The van der Waals surface area contributed by atoms with Crippen molar-refractivity contribution in [1.29, 1.82) is 0 Å². The van der Waals surface area contributed by atoms with Crippen LogP contribution in [0.25, 0.3) is 10.9 Å². The molecule has 2 amide bonds. The van der Waals surface area contributed by atoms with Gasteiger partial charge in [-0.15, -0.1) is 0 Å². The average molecular weight is 621 g/mol. The van der Waals surface area contributed by atoms with Gasteiger partial charge in [-0.2, -0.15) is 0 Å². The van der Waals surface area contributed by atoms with E-state index >= 15 is 8.78 Å². The fraction of sp³-hybridized carbons (Fsp3) is 0.333. The Labute approximate surface area is 259 Å². The number of fused-ring (bicyclic) bond motifs is 1. The lowest BCUT2D eigenvalue weighted by Crippen LogP contribution is -2.36. The number of aromatic nitrogens is 2. The van der Waals surface area contributed by atoms with Gasteiger partial charge in [-0.1, -0.05) is 0 Å². The maximum Gasteiger partial charge on any atom is 0.410 e. The van der Waals surface area contributed by atoms with Crippen molar-refractivity contribution in [2.24, 2.45) is 0 Å². The van der Waals surface area contributed by atoms with E-state index in [1.165, 1.54) is 23.4 Å². The van der Waals surface area contributed by atoms with Gasteiger partial charge in [0.15, 0.2) is 17.4 Å². The number of hydrogen-bond donors (Lipinski definition) is 1. The Morgan fingerprint density at radius 3 is 2.44 bits per heavy atom. The number of carbonyl (C=O) groups excluding carboxylic acids is 2. The van der Waals surface area contributed by atoms with Crippen LogP contribution in [0.15, 0.2) is 54.9 Å². The highest BCUT2D eigenvalue weighted by molar-refractivity contribution is 6.06. The van der Waals surface area contributed by atoms with E-state index in [0.29, 0.717) is 28.1 Å². The minimum Gasteiger partial charge on any atom is -0.492 e. The molecule has 0 radical (unpaired) electrons. The van der Waals surface area contributed by atoms with E-state index in [1.54, 1.807) is 59.0 Å². The molecule has 10 nitrogen and oxygen atoms in total. The van der Waals surface area contributed by atoms with Crippen molar-refractivity contribution < 1.29 is 37.3 Å². The second kappa shape index (κ2) is 12.9. The van der Waals surface area contributed by atoms with Crippen LogP contribution in [0.3, 0.4) is 0 Å². The summed E-state index contributed by atoms with van der Waals surface area (Å²) in [5.41, 5.74) is 0.603. The lowest BCUT2D eigenvalue weighted by atomic mass is 10.2. The summed E-state index contributed by atoms with van der Waals surface area (Å²) in [6.07, 6.45) is 4.21. The number of nitrogens with one attached hydrogen (secondary N) is 1. The molecule has 5 rings (SSSR count). The van der Waals surface area contributed by atoms with Gasteiger partial charge < -0.3 is 29.2 Å². The first-order valence-electron chi connectivity index (χ1n) is 14.4. The summed E-state index contributed by atoms with van der Waals surface area (Å²) in [7, 11) is 1.62. The largest absolute Gasteiger partial charge is 0.492 e. The first-order chi connectivity index (χ1) is 21.4. The predicted octanol–water partition coefficient (Wildman–Crippen LogP) is 7.05. The molecule has 1 fully saturated rings. The second-order valence-electron chi connectivity index (χ2n) is 11.7. The number of hydrogen-bond acceptors (Lipinski definition) is 8. The molecule has 0 saturated heterocycles. The van der Waals surface area contributed by atoms with Gasteiger partial charge in [-0.05, 0) is 58.7 Å². The molecule has 1 N–H and O–H groups in total. The van der Waals surface area contributed by atoms with E-state index in [-0.39, 0.29) is 36.3 Å². The molecule has 4 aromatic rings. The van der Waals surface area contributed by atoms with Gasteiger partial charge in [0.1, 0.15) is 35.0 Å². The lowest BCUT2D eigenvalue weighted by molar-refractivity contribution is 0.0278. The topological polar surface area (TPSA) is 112 Å². The van der Waals surface area contributed by atoms with E-state index in [1.807, 2.05) is 0 Å². The van der Waals surface area contributed by atoms with Crippen LogP contribution in [-0.2, 0) is 4.74 Å². The number of amides is 2. The molecule has 0 spiro atoms. The fourth-order valence-corrected chi connectivity index (χ4v) is 4.22. The zero-order valence-electron chi connectivity index (χ0n) is 25.6. The summed E-state index contributed by atoms with van der Waals surface area (Å²) in [5, 5.41) is 3.00. The predicted molar refractivity (Wildman–Crippen MR) is 163 cm³/mol. The van der Waals surface area contributed by atoms with Gasteiger partial charge in [0.05, 0.1) is 18.2 Å². The van der Waals surface area contributed by atoms with Crippen LogP contribution in [0.4, 0.5) is 19.3 Å². The van der Waals surface area contributed by atoms with Crippen LogP contribution in [0.5, 0.6) is 23.0 Å². The number of pyridine rings is 2. The number of ether oxygens (including phenoxy) is 4. The van der Waals surface area contributed by atoms with Crippen LogP contribution in [-0.4, -0.2) is 58.8 Å². The van der Waals surface area contributed by atoms with Crippen molar-refractivity contribution >= 4 is 28.6 Å². The molecule has 1 aliphatic carbocycles. The molecule has 45 heavy (non-hydrogen) atoms. The number of carbonyl (C=O) groups is 2. The molecular formula is C33H34F2N4O6. The highest BCUT2D eigenvalue weighted by atomic mass is 19.1. The molecule has 0 atom stereocenters. The molecule has 12 heteroatoms. The SMILES string of the molecule is Cc1cc(OC2CC2)c(C(=O)Nc2cc(F)c(Oc3ccnc4cc(OCCN(C)C(=O)OC(C)(C)C)ccc34)c(F)c2)cn1. The zero-order chi connectivity index (χ0) is 32.3. The van der Waals surface area contributed by atoms with Gasteiger partial charge in [0.2, 0.25) is 0 Å². The number of likely N-dealkylation sites (N-methyl/N-ethyl adjacent to an activating group) is 1. The molecular weight excluding hydrogens is 586 g/mol. The molecule has 0 aliphatic heterocycles. The lowest BCUT2D eigenvalue weighted by Gasteiger charge is -2.24. The van der Waals surface area contributed by atoms with Gasteiger partial charge in [0.25, 0.3) is 5.91 Å². The Balaban J connectivity index is 1.25. The Hall–Kier alpha value is -5.00. The molecule has 236 valence electrons. The van der Waals surface area contributed by atoms with Crippen LogP contribution in [0.2, 0.25) is 0 Å². The number of anilines is 1. The van der Waals surface area contributed by atoms with Gasteiger partial charge >= 0.3 is 6.09 Å². The highest BCUT2D eigenvalue weighted by Gasteiger charge is 2.26. The Morgan fingerprint density at radius 1 is 1.02 bits per heavy atom. The Morgan fingerprint density at radius 2 is 1.76 bits per heavy atom. The summed E-state index contributed by atoms with van der Waals surface area (Å²) < 4.78 is 52.9. The van der Waals surface area contributed by atoms with Crippen molar-refractivity contribution in [3.63, 3.8) is 0 Å². The van der Waals surface area contributed by atoms with Crippen molar-refractivity contribution in [3.05, 3.63) is 77.8 Å². The van der Waals surface area contributed by atoms with E-state index < -0.39 is 35.0 Å². The third kappa shape index (κ3) is 8.14. The standard InChI is InChI=1S/C33H34F2N4O6/c1-19-14-29(43-21-6-7-21)24(18-37-19)31(40)38-20-15-25(34)30(26(35)16-20)44-28-10-11-36-27-17-22(8-9-23(27)28)42-13-12-39(5)32(41)45-33(2,3)4/h8-11,14-18,21H,6-7,12-13H2,1-5H3,(H,38,40). The fourth-order valence-electron chi connectivity index (χ4n) is 4.22.